The minimum Gasteiger partial charge on any atom is -0.465 e. The second-order valence-electron chi connectivity index (χ2n) is 9.08. The zero-order chi connectivity index (χ0) is 26.5. The van der Waals surface area contributed by atoms with Crippen molar-refractivity contribution in [2.45, 2.75) is 72.3 Å². The highest BCUT2D eigenvalue weighted by Crippen LogP contribution is 2.48. The first-order chi connectivity index (χ1) is 17.2. The average molecular weight is 610 g/mol. The van der Waals surface area contributed by atoms with Crippen molar-refractivity contribution < 1.29 is 28.6 Å². The number of esters is 3. The van der Waals surface area contributed by atoms with Crippen LogP contribution < -0.4 is 0 Å². The molecule has 0 fully saturated rings. The number of carbonyl (C=O) groups is 3. The van der Waals surface area contributed by atoms with Crippen LogP contribution in [0.5, 0.6) is 0 Å². The fraction of sp³-hybridized carbons (Fsp3) is 0.556. The van der Waals surface area contributed by atoms with E-state index in [1.165, 1.54) is 0 Å². The van der Waals surface area contributed by atoms with Crippen molar-refractivity contribution in [1.82, 2.24) is 9.55 Å². The first-order valence-electron chi connectivity index (χ1n) is 12.6. The van der Waals surface area contributed by atoms with Crippen molar-refractivity contribution in [2.75, 3.05) is 19.8 Å². The predicted molar refractivity (Wildman–Crippen MR) is 143 cm³/mol. The van der Waals surface area contributed by atoms with Gasteiger partial charge in [0.25, 0.3) is 5.41 Å². The third kappa shape index (κ3) is 5.31. The molecule has 0 spiro atoms. The van der Waals surface area contributed by atoms with Crippen LogP contribution in [0.25, 0.3) is 0 Å². The number of carbonyl (C=O) groups excluding carboxylic acids is 3. The molecule has 0 aliphatic heterocycles. The molecule has 1 aliphatic carbocycles. The standard InChI is InChI=1S/C27H35IN2O6/c1-6-34-24(31)27(25(32)35-7-2,26(33)36-8-3)20-10-9-11-21-22(20)30(23(29-21)17(4)5)16-18-12-14-19(28)15-13-18/h12-15,17,20H,6-11,16H2,1-5H3. The van der Waals surface area contributed by atoms with Crippen molar-refractivity contribution in [3.05, 3.63) is 50.6 Å². The number of benzene rings is 1. The van der Waals surface area contributed by atoms with E-state index < -0.39 is 29.2 Å². The summed E-state index contributed by atoms with van der Waals surface area (Å²) >= 11 is 2.26. The van der Waals surface area contributed by atoms with E-state index >= 15 is 0 Å². The Labute approximate surface area is 226 Å². The van der Waals surface area contributed by atoms with Gasteiger partial charge in [0.05, 0.1) is 25.5 Å². The number of hydrogen-bond acceptors (Lipinski definition) is 7. The van der Waals surface area contributed by atoms with E-state index in [9.17, 15) is 14.4 Å². The normalized spacial score (nSPS) is 15.4. The van der Waals surface area contributed by atoms with Crippen LogP contribution >= 0.6 is 22.6 Å². The van der Waals surface area contributed by atoms with E-state index in [0.29, 0.717) is 31.5 Å². The Morgan fingerprint density at radius 3 is 2.00 bits per heavy atom. The number of hydrogen-bond donors (Lipinski definition) is 0. The van der Waals surface area contributed by atoms with E-state index in [-0.39, 0.29) is 25.7 Å². The maximum atomic E-state index is 13.6. The fourth-order valence-electron chi connectivity index (χ4n) is 4.93. The van der Waals surface area contributed by atoms with Gasteiger partial charge in [-0.1, -0.05) is 26.0 Å². The van der Waals surface area contributed by atoms with Gasteiger partial charge in [-0.05, 0) is 80.3 Å². The molecule has 0 saturated heterocycles. The largest absolute Gasteiger partial charge is 0.465 e. The second kappa shape index (κ2) is 12.2. The monoisotopic (exact) mass is 610 g/mol. The Balaban J connectivity index is 2.29. The number of aryl methyl sites for hydroxylation is 1. The quantitative estimate of drug-likeness (QED) is 0.166. The Bertz CT molecular complexity index is 1050. The minimum atomic E-state index is -2.27. The Kier molecular flexibility index (Phi) is 9.54. The molecule has 3 rings (SSSR count). The SMILES string of the molecule is CCOC(=O)C(C(=O)OCC)(C(=O)OCC)C1CCCc2nc(C(C)C)n(Cc3ccc(I)cc3)c21. The van der Waals surface area contributed by atoms with Crippen LogP contribution in [0.15, 0.2) is 24.3 Å². The first kappa shape index (κ1) is 28.1. The molecule has 0 saturated carbocycles. The first-order valence-corrected chi connectivity index (χ1v) is 13.6. The van der Waals surface area contributed by atoms with Crippen LogP contribution in [0.1, 0.15) is 82.1 Å². The van der Waals surface area contributed by atoms with Crippen LogP contribution in [0.2, 0.25) is 0 Å². The van der Waals surface area contributed by atoms with Crippen molar-refractivity contribution in [3.63, 3.8) is 0 Å². The zero-order valence-corrected chi connectivity index (χ0v) is 23.8. The van der Waals surface area contributed by atoms with Crippen LogP contribution in [-0.4, -0.2) is 47.3 Å². The van der Waals surface area contributed by atoms with Gasteiger partial charge in [-0.15, -0.1) is 0 Å². The number of rotatable bonds is 10. The van der Waals surface area contributed by atoms with Gasteiger partial charge in [0.1, 0.15) is 5.82 Å². The maximum absolute atomic E-state index is 13.6. The van der Waals surface area contributed by atoms with Gasteiger partial charge in [-0.2, -0.15) is 0 Å². The van der Waals surface area contributed by atoms with Gasteiger partial charge in [-0.25, -0.2) is 4.98 Å². The van der Waals surface area contributed by atoms with E-state index in [1.54, 1.807) is 20.8 Å². The molecule has 1 aromatic carbocycles. The Hall–Kier alpha value is -2.43. The molecule has 1 atom stereocenters. The number of nitrogens with zero attached hydrogens (tertiary/aromatic N) is 2. The molecule has 196 valence electrons. The summed E-state index contributed by atoms with van der Waals surface area (Å²) < 4.78 is 19.3. The summed E-state index contributed by atoms with van der Waals surface area (Å²) in [6.07, 6.45) is 1.77. The Morgan fingerprint density at radius 2 is 1.53 bits per heavy atom. The van der Waals surface area contributed by atoms with Gasteiger partial charge < -0.3 is 18.8 Å². The summed E-state index contributed by atoms with van der Waals surface area (Å²) in [5, 5.41) is 0. The highest BCUT2D eigenvalue weighted by molar-refractivity contribution is 14.1. The lowest BCUT2D eigenvalue weighted by Gasteiger charge is -2.37. The number of fused-ring (bicyclic) bond motifs is 1. The van der Waals surface area contributed by atoms with Crippen molar-refractivity contribution in [3.8, 4) is 0 Å². The Morgan fingerprint density at radius 1 is 1.00 bits per heavy atom. The van der Waals surface area contributed by atoms with Crippen molar-refractivity contribution in [2.24, 2.45) is 5.41 Å². The van der Waals surface area contributed by atoms with Crippen LogP contribution in [0, 0.1) is 8.99 Å². The average Bonchev–Trinajstić information content (AvgIpc) is 3.21. The summed E-state index contributed by atoms with van der Waals surface area (Å²) in [6.45, 7) is 9.57. The molecule has 8 nitrogen and oxygen atoms in total. The molecule has 2 aromatic rings. The molecule has 36 heavy (non-hydrogen) atoms. The summed E-state index contributed by atoms with van der Waals surface area (Å²) in [7, 11) is 0. The third-order valence-electron chi connectivity index (χ3n) is 6.43. The molecule has 1 unspecified atom stereocenters. The topological polar surface area (TPSA) is 96.7 Å². The van der Waals surface area contributed by atoms with Gasteiger partial charge in [0, 0.05) is 27.6 Å². The van der Waals surface area contributed by atoms with Crippen molar-refractivity contribution in [1.29, 1.82) is 0 Å². The fourth-order valence-corrected chi connectivity index (χ4v) is 5.29. The molecular formula is C27H35IN2O6. The molecule has 0 N–H and O–H groups in total. The predicted octanol–water partition coefficient (Wildman–Crippen LogP) is 4.76. The van der Waals surface area contributed by atoms with Gasteiger partial charge in [0.2, 0.25) is 0 Å². The third-order valence-corrected chi connectivity index (χ3v) is 7.15. The summed E-state index contributed by atoms with van der Waals surface area (Å²) in [4.78, 5) is 45.7. The molecular weight excluding hydrogens is 575 g/mol. The van der Waals surface area contributed by atoms with E-state index in [4.69, 9.17) is 19.2 Å². The summed E-state index contributed by atoms with van der Waals surface area (Å²) in [5.41, 5.74) is 0.284. The molecule has 0 bridgehead atoms. The van der Waals surface area contributed by atoms with E-state index in [2.05, 4.69) is 41.0 Å². The summed E-state index contributed by atoms with van der Waals surface area (Å²) in [5.74, 6) is -2.71. The number of ether oxygens (including phenoxy) is 3. The molecule has 1 aromatic heterocycles. The van der Waals surface area contributed by atoms with E-state index in [1.807, 2.05) is 24.3 Å². The minimum absolute atomic E-state index is 0.0120. The number of halogens is 1. The molecule has 1 aliphatic rings. The van der Waals surface area contributed by atoms with Crippen LogP contribution in [-0.2, 0) is 41.6 Å². The summed E-state index contributed by atoms with van der Waals surface area (Å²) in [6, 6.07) is 8.16. The van der Waals surface area contributed by atoms with Gasteiger partial charge >= 0.3 is 17.9 Å². The van der Waals surface area contributed by atoms with Gasteiger partial charge in [-0.3, -0.25) is 14.4 Å². The maximum Gasteiger partial charge on any atom is 0.335 e. The molecule has 0 amide bonds. The zero-order valence-electron chi connectivity index (χ0n) is 21.6. The smallest absolute Gasteiger partial charge is 0.335 e. The van der Waals surface area contributed by atoms with Crippen LogP contribution in [0.3, 0.4) is 0 Å². The lowest BCUT2D eigenvalue weighted by Crippen LogP contribution is -2.54. The van der Waals surface area contributed by atoms with E-state index in [0.717, 1.165) is 20.7 Å². The second-order valence-corrected chi connectivity index (χ2v) is 10.3. The van der Waals surface area contributed by atoms with Gasteiger partial charge in [0.15, 0.2) is 0 Å². The van der Waals surface area contributed by atoms with Crippen LogP contribution in [0.4, 0.5) is 0 Å². The molecule has 0 radical (unpaired) electrons. The molecule has 9 heteroatoms. The number of aromatic nitrogens is 2. The molecule has 1 heterocycles. The highest BCUT2D eigenvalue weighted by Gasteiger charge is 2.64. The lowest BCUT2D eigenvalue weighted by molar-refractivity contribution is -0.186. The lowest BCUT2D eigenvalue weighted by atomic mass is 9.68. The van der Waals surface area contributed by atoms with Crippen molar-refractivity contribution >= 4 is 40.5 Å². The highest BCUT2D eigenvalue weighted by atomic mass is 127. The number of imidazole rings is 1.